The summed E-state index contributed by atoms with van der Waals surface area (Å²) in [6.45, 7) is 1.91. The maximum atomic E-state index is 12.3. The third-order valence-electron chi connectivity index (χ3n) is 3.71. The molecular formula is C19H16Cl2N2OS. The molecule has 2 aromatic carbocycles. The third-order valence-corrected chi connectivity index (χ3v) is 5.23. The molecule has 0 saturated heterocycles. The number of aromatic nitrogens is 1. The molecule has 0 aliphatic rings. The van der Waals surface area contributed by atoms with Crippen LogP contribution < -0.4 is 5.32 Å². The van der Waals surface area contributed by atoms with Crippen LogP contribution in [0.5, 0.6) is 0 Å². The summed E-state index contributed by atoms with van der Waals surface area (Å²) < 4.78 is 0. The maximum Gasteiger partial charge on any atom is 0.226 e. The second-order valence-corrected chi connectivity index (χ2v) is 7.34. The number of hydrogen-bond donors (Lipinski definition) is 1. The maximum absolute atomic E-state index is 12.3. The summed E-state index contributed by atoms with van der Waals surface area (Å²) in [5.41, 5.74) is 2.59. The molecule has 3 nitrogen and oxygen atoms in total. The molecular weight excluding hydrogens is 375 g/mol. The molecule has 0 fully saturated rings. The summed E-state index contributed by atoms with van der Waals surface area (Å²) in [4.78, 5) is 16.8. The van der Waals surface area contributed by atoms with Gasteiger partial charge in [-0.15, -0.1) is 11.3 Å². The molecule has 1 unspecified atom stereocenters. The van der Waals surface area contributed by atoms with Crippen molar-refractivity contribution in [2.45, 2.75) is 19.4 Å². The van der Waals surface area contributed by atoms with E-state index in [9.17, 15) is 4.79 Å². The highest BCUT2D eigenvalue weighted by Crippen LogP contribution is 2.26. The van der Waals surface area contributed by atoms with E-state index in [4.69, 9.17) is 23.2 Å². The van der Waals surface area contributed by atoms with Crippen LogP contribution in [0.1, 0.15) is 24.2 Å². The van der Waals surface area contributed by atoms with Crippen molar-refractivity contribution in [3.8, 4) is 10.6 Å². The molecule has 3 aromatic rings. The average Bonchev–Trinajstić information content (AvgIpc) is 3.03. The molecule has 0 bridgehead atoms. The number of thiazole rings is 1. The summed E-state index contributed by atoms with van der Waals surface area (Å²) in [5.74, 6) is -0.0876. The molecule has 0 radical (unpaired) electrons. The van der Waals surface area contributed by atoms with E-state index in [2.05, 4.69) is 10.3 Å². The summed E-state index contributed by atoms with van der Waals surface area (Å²) in [7, 11) is 0. The Balaban J connectivity index is 1.65. The Kier molecular flexibility index (Phi) is 5.74. The van der Waals surface area contributed by atoms with E-state index in [0.29, 0.717) is 10.0 Å². The van der Waals surface area contributed by atoms with Gasteiger partial charge < -0.3 is 5.32 Å². The first-order chi connectivity index (χ1) is 12.0. The molecule has 25 heavy (non-hydrogen) atoms. The molecule has 6 heteroatoms. The van der Waals surface area contributed by atoms with Crippen molar-refractivity contribution < 1.29 is 4.79 Å². The normalized spacial score (nSPS) is 12.0. The van der Waals surface area contributed by atoms with E-state index in [1.165, 1.54) is 11.3 Å². The van der Waals surface area contributed by atoms with Gasteiger partial charge in [0, 0.05) is 21.0 Å². The molecule has 1 N–H and O–H groups in total. The van der Waals surface area contributed by atoms with E-state index >= 15 is 0 Å². The number of hydrogen-bond acceptors (Lipinski definition) is 3. The van der Waals surface area contributed by atoms with Crippen LogP contribution >= 0.6 is 34.5 Å². The number of halogens is 2. The van der Waals surface area contributed by atoms with Crippen molar-refractivity contribution in [3.63, 3.8) is 0 Å². The second-order valence-electron chi connectivity index (χ2n) is 5.64. The third kappa shape index (κ3) is 4.60. The Morgan fingerprint density at radius 3 is 2.76 bits per heavy atom. The van der Waals surface area contributed by atoms with Gasteiger partial charge in [0.1, 0.15) is 5.01 Å². The van der Waals surface area contributed by atoms with E-state index in [-0.39, 0.29) is 18.4 Å². The quantitative estimate of drug-likeness (QED) is 0.621. The van der Waals surface area contributed by atoms with Crippen LogP contribution in [0.3, 0.4) is 0 Å². The standard InChI is InChI=1S/C19H16Cl2N2OS/c1-12(16-7-2-3-8-17(16)21)22-18(24)10-15-11-25-19(23-15)13-5-4-6-14(20)9-13/h2-9,11-12H,10H2,1H3,(H,22,24). The van der Waals surface area contributed by atoms with Crippen molar-refractivity contribution >= 4 is 40.4 Å². The van der Waals surface area contributed by atoms with Crippen LogP contribution in [0, 0.1) is 0 Å². The second kappa shape index (κ2) is 8.00. The first-order valence-electron chi connectivity index (χ1n) is 7.77. The molecule has 1 amide bonds. The van der Waals surface area contributed by atoms with Gasteiger partial charge >= 0.3 is 0 Å². The van der Waals surface area contributed by atoms with Gasteiger partial charge in [0.15, 0.2) is 0 Å². The molecule has 0 aliphatic carbocycles. The van der Waals surface area contributed by atoms with Gasteiger partial charge in [0.25, 0.3) is 0 Å². The van der Waals surface area contributed by atoms with Gasteiger partial charge in [-0.2, -0.15) is 0 Å². The van der Waals surface area contributed by atoms with Crippen molar-refractivity contribution in [1.82, 2.24) is 10.3 Å². The molecule has 1 heterocycles. The van der Waals surface area contributed by atoms with Crippen LogP contribution in [0.4, 0.5) is 0 Å². The minimum Gasteiger partial charge on any atom is -0.349 e. The van der Waals surface area contributed by atoms with Crippen LogP contribution in [-0.4, -0.2) is 10.9 Å². The first kappa shape index (κ1) is 17.9. The molecule has 1 aromatic heterocycles. The Morgan fingerprint density at radius 2 is 2.00 bits per heavy atom. The summed E-state index contributed by atoms with van der Waals surface area (Å²) in [6.07, 6.45) is 0.228. The zero-order valence-corrected chi connectivity index (χ0v) is 15.8. The Labute approximate surface area is 160 Å². The van der Waals surface area contributed by atoms with Gasteiger partial charge in [-0.05, 0) is 30.7 Å². The van der Waals surface area contributed by atoms with Gasteiger partial charge in [0.2, 0.25) is 5.91 Å². The number of rotatable bonds is 5. The van der Waals surface area contributed by atoms with Gasteiger partial charge in [-0.25, -0.2) is 4.98 Å². The lowest BCUT2D eigenvalue weighted by molar-refractivity contribution is -0.121. The topological polar surface area (TPSA) is 42.0 Å². The van der Waals surface area contributed by atoms with E-state index in [0.717, 1.165) is 21.8 Å². The van der Waals surface area contributed by atoms with Crippen LogP contribution in [0.2, 0.25) is 10.0 Å². The first-order valence-corrected chi connectivity index (χ1v) is 9.40. The van der Waals surface area contributed by atoms with Crippen molar-refractivity contribution in [2.24, 2.45) is 0 Å². The number of nitrogens with one attached hydrogen (secondary N) is 1. The van der Waals surface area contributed by atoms with Crippen LogP contribution in [-0.2, 0) is 11.2 Å². The fourth-order valence-electron chi connectivity index (χ4n) is 2.50. The lowest BCUT2D eigenvalue weighted by atomic mass is 10.1. The predicted octanol–water partition coefficient (Wildman–Crippen LogP) is 5.54. The Hall–Kier alpha value is -1.88. The number of nitrogens with zero attached hydrogens (tertiary/aromatic N) is 1. The molecule has 128 valence electrons. The molecule has 1 atom stereocenters. The monoisotopic (exact) mass is 390 g/mol. The fraction of sp³-hybridized carbons (Fsp3) is 0.158. The van der Waals surface area contributed by atoms with E-state index in [1.807, 2.05) is 60.8 Å². The summed E-state index contributed by atoms with van der Waals surface area (Å²) >= 11 is 13.7. The highest BCUT2D eigenvalue weighted by Gasteiger charge is 2.14. The Morgan fingerprint density at radius 1 is 1.20 bits per heavy atom. The SMILES string of the molecule is CC(NC(=O)Cc1csc(-c2cccc(Cl)c2)n1)c1ccccc1Cl. The molecule has 3 rings (SSSR count). The van der Waals surface area contributed by atoms with E-state index < -0.39 is 0 Å². The zero-order chi connectivity index (χ0) is 17.8. The van der Waals surface area contributed by atoms with Crippen molar-refractivity contribution in [2.75, 3.05) is 0 Å². The Bertz CT molecular complexity index is 894. The predicted molar refractivity (Wildman–Crippen MR) is 104 cm³/mol. The number of benzene rings is 2. The summed E-state index contributed by atoms with van der Waals surface area (Å²) in [5, 5.41) is 7.03. The van der Waals surface area contributed by atoms with Crippen LogP contribution in [0.15, 0.2) is 53.9 Å². The van der Waals surface area contributed by atoms with Crippen molar-refractivity contribution in [3.05, 3.63) is 75.2 Å². The van der Waals surface area contributed by atoms with Crippen LogP contribution in [0.25, 0.3) is 10.6 Å². The zero-order valence-electron chi connectivity index (χ0n) is 13.5. The number of amides is 1. The fourth-order valence-corrected chi connectivity index (χ4v) is 3.81. The van der Waals surface area contributed by atoms with Crippen molar-refractivity contribution in [1.29, 1.82) is 0 Å². The number of carbonyl (C=O) groups excluding carboxylic acids is 1. The van der Waals surface area contributed by atoms with Gasteiger partial charge in [-0.3, -0.25) is 4.79 Å². The highest BCUT2D eigenvalue weighted by atomic mass is 35.5. The minimum absolute atomic E-state index is 0.0876. The lowest BCUT2D eigenvalue weighted by Gasteiger charge is -2.15. The smallest absolute Gasteiger partial charge is 0.226 e. The minimum atomic E-state index is -0.160. The molecule has 0 saturated carbocycles. The number of carbonyl (C=O) groups is 1. The molecule has 0 spiro atoms. The lowest BCUT2D eigenvalue weighted by Crippen LogP contribution is -2.28. The van der Waals surface area contributed by atoms with E-state index in [1.54, 1.807) is 0 Å². The van der Waals surface area contributed by atoms with Gasteiger partial charge in [-0.1, -0.05) is 53.5 Å². The average molecular weight is 391 g/mol. The highest BCUT2D eigenvalue weighted by molar-refractivity contribution is 7.13. The largest absolute Gasteiger partial charge is 0.349 e. The van der Waals surface area contributed by atoms with Gasteiger partial charge in [0.05, 0.1) is 18.2 Å². The molecule has 0 aliphatic heterocycles. The summed E-state index contributed by atoms with van der Waals surface area (Å²) in [6, 6.07) is 14.9.